The molecular weight excluding hydrogens is 325 g/mol. The SMILES string of the molecule is Cl.FC[C@H](c1cc(F)cc(Br)c1)N1CCNCC1. The Morgan fingerprint density at radius 2 is 1.94 bits per heavy atom. The summed E-state index contributed by atoms with van der Waals surface area (Å²) >= 11 is 3.24. The van der Waals surface area contributed by atoms with E-state index in [-0.39, 0.29) is 24.3 Å². The van der Waals surface area contributed by atoms with Gasteiger partial charge in [0.25, 0.3) is 0 Å². The molecule has 102 valence electrons. The van der Waals surface area contributed by atoms with E-state index in [1.807, 2.05) is 0 Å². The lowest BCUT2D eigenvalue weighted by Gasteiger charge is -2.33. The predicted octanol–water partition coefficient (Wildman–Crippen LogP) is 2.93. The predicted molar refractivity (Wildman–Crippen MR) is 74.5 cm³/mol. The van der Waals surface area contributed by atoms with Crippen LogP contribution in [0.5, 0.6) is 0 Å². The van der Waals surface area contributed by atoms with E-state index in [0.717, 1.165) is 26.2 Å². The lowest BCUT2D eigenvalue weighted by atomic mass is 10.1. The van der Waals surface area contributed by atoms with Gasteiger partial charge in [-0.15, -0.1) is 12.4 Å². The van der Waals surface area contributed by atoms with Crippen molar-refractivity contribution in [3.8, 4) is 0 Å². The molecule has 0 saturated carbocycles. The van der Waals surface area contributed by atoms with E-state index in [0.29, 0.717) is 10.0 Å². The molecule has 0 unspecified atom stereocenters. The molecule has 1 fully saturated rings. The second-order valence-electron chi connectivity index (χ2n) is 4.16. The zero-order chi connectivity index (χ0) is 12.3. The highest BCUT2D eigenvalue weighted by molar-refractivity contribution is 9.10. The maximum absolute atomic E-state index is 13.3. The molecule has 1 aliphatic heterocycles. The van der Waals surface area contributed by atoms with Gasteiger partial charge in [0.2, 0.25) is 0 Å². The van der Waals surface area contributed by atoms with E-state index in [9.17, 15) is 8.78 Å². The second-order valence-corrected chi connectivity index (χ2v) is 5.07. The van der Waals surface area contributed by atoms with Crippen molar-refractivity contribution in [3.05, 3.63) is 34.1 Å². The minimum Gasteiger partial charge on any atom is -0.314 e. The monoisotopic (exact) mass is 340 g/mol. The number of benzene rings is 1. The van der Waals surface area contributed by atoms with Gasteiger partial charge in [0.15, 0.2) is 0 Å². The molecule has 2 rings (SSSR count). The number of nitrogens with zero attached hydrogens (tertiary/aromatic N) is 1. The Kier molecular flexibility index (Phi) is 6.49. The summed E-state index contributed by atoms with van der Waals surface area (Å²) in [5.74, 6) is -0.331. The van der Waals surface area contributed by atoms with Gasteiger partial charge in [0.05, 0.1) is 6.04 Å². The highest BCUT2D eigenvalue weighted by atomic mass is 79.9. The standard InChI is InChI=1S/C12H15BrF2N2.ClH/c13-10-5-9(6-11(15)7-10)12(8-14)17-3-1-16-2-4-17;/h5-7,12,16H,1-4,8H2;1H/t12-;/m1./s1. The fourth-order valence-electron chi connectivity index (χ4n) is 2.16. The van der Waals surface area contributed by atoms with Gasteiger partial charge in [-0.1, -0.05) is 15.9 Å². The molecule has 1 aromatic carbocycles. The molecule has 1 aliphatic rings. The van der Waals surface area contributed by atoms with E-state index in [4.69, 9.17) is 0 Å². The minimum atomic E-state index is -0.490. The Bertz CT molecular complexity index is 366. The van der Waals surface area contributed by atoms with Crippen LogP contribution in [-0.2, 0) is 0 Å². The van der Waals surface area contributed by atoms with Crippen LogP contribution in [0.15, 0.2) is 22.7 Å². The summed E-state index contributed by atoms with van der Waals surface area (Å²) in [5, 5.41) is 3.22. The van der Waals surface area contributed by atoms with E-state index < -0.39 is 6.67 Å². The maximum atomic E-state index is 13.3. The third-order valence-electron chi connectivity index (χ3n) is 3.01. The van der Waals surface area contributed by atoms with Gasteiger partial charge >= 0.3 is 0 Å². The molecule has 1 heterocycles. The Hall–Kier alpha value is -0.230. The molecule has 1 atom stereocenters. The van der Waals surface area contributed by atoms with E-state index in [2.05, 4.69) is 26.1 Å². The zero-order valence-electron chi connectivity index (χ0n) is 9.83. The number of hydrogen-bond acceptors (Lipinski definition) is 2. The third kappa shape index (κ3) is 3.88. The zero-order valence-corrected chi connectivity index (χ0v) is 12.2. The first-order valence-electron chi connectivity index (χ1n) is 5.67. The molecule has 2 nitrogen and oxygen atoms in total. The van der Waals surface area contributed by atoms with Gasteiger partial charge in [-0.25, -0.2) is 8.78 Å². The maximum Gasteiger partial charge on any atom is 0.124 e. The fourth-order valence-corrected chi connectivity index (χ4v) is 2.64. The van der Waals surface area contributed by atoms with E-state index in [1.54, 1.807) is 6.07 Å². The van der Waals surface area contributed by atoms with Gasteiger partial charge in [0, 0.05) is 30.7 Å². The van der Waals surface area contributed by atoms with Crippen LogP contribution in [0, 0.1) is 5.82 Å². The third-order valence-corrected chi connectivity index (χ3v) is 3.47. The highest BCUT2D eigenvalue weighted by Gasteiger charge is 2.22. The van der Waals surface area contributed by atoms with Crippen LogP contribution >= 0.6 is 28.3 Å². The first-order valence-corrected chi connectivity index (χ1v) is 6.46. The van der Waals surface area contributed by atoms with E-state index >= 15 is 0 Å². The lowest BCUT2D eigenvalue weighted by molar-refractivity contribution is 0.147. The van der Waals surface area contributed by atoms with Crippen LogP contribution in [-0.4, -0.2) is 37.8 Å². The van der Waals surface area contributed by atoms with Gasteiger partial charge in [-0.3, -0.25) is 4.90 Å². The van der Waals surface area contributed by atoms with Crippen LogP contribution in [0.4, 0.5) is 8.78 Å². The molecule has 0 aromatic heterocycles. The summed E-state index contributed by atoms with van der Waals surface area (Å²) in [4.78, 5) is 2.05. The van der Waals surface area contributed by atoms with Crippen molar-refractivity contribution < 1.29 is 8.78 Å². The number of halogens is 4. The van der Waals surface area contributed by atoms with Crippen molar-refractivity contribution in [1.29, 1.82) is 0 Å². The summed E-state index contributed by atoms with van der Waals surface area (Å²) in [6.07, 6.45) is 0. The Morgan fingerprint density at radius 1 is 1.28 bits per heavy atom. The number of alkyl halides is 1. The van der Waals surface area contributed by atoms with Crippen molar-refractivity contribution in [2.24, 2.45) is 0 Å². The summed E-state index contributed by atoms with van der Waals surface area (Å²) in [7, 11) is 0. The van der Waals surface area contributed by atoms with Gasteiger partial charge in [-0.05, 0) is 23.8 Å². The number of rotatable bonds is 3. The van der Waals surface area contributed by atoms with E-state index in [1.165, 1.54) is 12.1 Å². The molecular formula is C12H16BrClF2N2. The summed E-state index contributed by atoms with van der Waals surface area (Å²) < 4.78 is 27.2. The van der Waals surface area contributed by atoms with Crippen LogP contribution < -0.4 is 5.32 Å². The summed E-state index contributed by atoms with van der Waals surface area (Å²) in [6.45, 7) is 2.81. The van der Waals surface area contributed by atoms with Gasteiger partial charge in [-0.2, -0.15) is 0 Å². The molecule has 0 radical (unpaired) electrons. The smallest absolute Gasteiger partial charge is 0.124 e. The van der Waals surface area contributed by atoms with Crippen molar-refractivity contribution in [3.63, 3.8) is 0 Å². The quantitative estimate of drug-likeness (QED) is 0.909. The minimum absolute atomic E-state index is 0. The normalized spacial score (nSPS) is 18.2. The van der Waals surface area contributed by atoms with Crippen LogP contribution in [0.25, 0.3) is 0 Å². The first-order chi connectivity index (χ1) is 8.20. The summed E-state index contributed by atoms with van der Waals surface area (Å²) in [6, 6.07) is 4.24. The summed E-state index contributed by atoms with van der Waals surface area (Å²) in [5.41, 5.74) is 0.696. The Morgan fingerprint density at radius 3 is 2.50 bits per heavy atom. The fraction of sp³-hybridized carbons (Fsp3) is 0.500. The average molecular weight is 342 g/mol. The topological polar surface area (TPSA) is 15.3 Å². The largest absolute Gasteiger partial charge is 0.314 e. The van der Waals surface area contributed by atoms with Crippen LogP contribution in [0.2, 0.25) is 0 Å². The second kappa shape index (κ2) is 7.38. The molecule has 18 heavy (non-hydrogen) atoms. The number of nitrogens with one attached hydrogen (secondary N) is 1. The number of hydrogen-bond donors (Lipinski definition) is 1. The number of piperazine rings is 1. The molecule has 0 aliphatic carbocycles. The van der Waals surface area contributed by atoms with Crippen molar-refractivity contribution >= 4 is 28.3 Å². The van der Waals surface area contributed by atoms with Crippen molar-refractivity contribution in [2.75, 3.05) is 32.9 Å². The van der Waals surface area contributed by atoms with Gasteiger partial charge < -0.3 is 5.32 Å². The Balaban J connectivity index is 0.00000162. The van der Waals surface area contributed by atoms with Crippen LogP contribution in [0.1, 0.15) is 11.6 Å². The first kappa shape index (κ1) is 15.8. The molecule has 0 bridgehead atoms. The molecule has 0 spiro atoms. The molecule has 1 N–H and O–H groups in total. The van der Waals surface area contributed by atoms with Crippen molar-refractivity contribution in [1.82, 2.24) is 10.2 Å². The van der Waals surface area contributed by atoms with Crippen molar-refractivity contribution in [2.45, 2.75) is 6.04 Å². The Labute approximate surface area is 120 Å². The molecule has 0 amide bonds. The average Bonchev–Trinajstić information content (AvgIpc) is 2.30. The van der Waals surface area contributed by atoms with Crippen LogP contribution in [0.3, 0.4) is 0 Å². The molecule has 1 saturated heterocycles. The lowest BCUT2D eigenvalue weighted by Crippen LogP contribution is -2.45. The highest BCUT2D eigenvalue weighted by Crippen LogP contribution is 2.25. The molecule has 1 aromatic rings. The van der Waals surface area contributed by atoms with Gasteiger partial charge in [0.1, 0.15) is 12.5 Å². The molecule has 6 heteroatoms.